The number of rotatable bonds is 3. The molecule has 1 heterocycles. The van der Waals surface area contributed by atoms with Gasteiger partial charge in [0.05, 0.1) is 19.8 Å². The van der Waals surface area contributed by atoms with E-state index in [-0.39, 0.29) is 5.82 Å². The number of methoxy groups -OCH3 is 2. The van der Waals surface area contributed by atoms with Gasteiger partial charge in [-0.3, -0.25) is 0 Å². The molecule has 0 N–H and O–H groups in total. The molecule has 0 fully saturated rings. The zero-order chi connectivity index (χ0) is 16.4. The first kappa shape index (κ1) is 15.2. The Morgan fingerprint density at radius 1 is 0.957 bits per heavy atom. The minimum atomic E-state index is -0.291. The lowest BCUT2D eigenvalue weighted by Crippen LogP contribution is -2.10. The lowest BCUT2D eigenvalue weighted by molar-refractivity contribution is 0.354. The SMILES string of the molecule is COc1ccc2c(c1OC)C(c1ccc(F)cc1)=NN=C(C)C2. The van der Waals surface area contributed by atoms with Gasteiger partial charge < -0.3 is 9.47 Å². The monoisotopic (exact) mass is 312 g/mol. The van der Waals surface area contributed by atoms with Gasteiger partial charge in [0, 0.05) is 17.7 Å². The van der Waals surface area contributed by atoms with E-state index in [1.54, 1.807) is 26.4 Å². The fourth-order valence-electron chi connectivity index (χ4n) is 2.68. The van der Waals surface area contributed by atoms with Crippen molar-refractivity contribution in [2.75, 3.05) is 14.2 Å². The molecule has 23 heavy (non-hydrogen) atoms. The number of hydrogen-bond donors (Lipinski definition) is 0. The van der Waals surface area contributed by atoms with E-state index in [0.717, 1.165) is 22.4 Å². The molecule has 0 bridgehead atoms. The maximum Gasteiger partial charge on any atom is 0.170 e. The molecule has 0 aromatic heterocycles. The van der Waals surface area contributed by atoms with Crippen LogP contribution in [-0.2, 0) is 6.42 Å². The van der Waals surface area contributed by atoms with Crippen molar-refractivity contribution < 1.29 is 13.9 Å². The number of fused-ring (bicyclic) bond motifs is 1. The van der Waals surface area contributed by atoms with Crippen molar-refractivity contribution >= 4 is 11.4 Å². The van der Waals surface area contributed by atoms with Crippen molar-refractivity contribution in [3.63, 3.8) is 0 Å². The topological polar surface area (TPSA) is 43.2 Å². The predicted octanol–water partition coefficient (Wildman–Crippen LogP) is 3.61. The third-order valence-electron chi connectivity index (χ3n) is 3.75. The average molecular weight is 312 g/mol. The van der Waals surface area contributed by atoms with Crippen molar-refractivity contribution in [2.24, 2.45) is 10.2 Å². The third-order valence-corrected chi connectivity index (χ3v) is 3.75. The second kappa shape index (κ2) is 6.20. The Bertz CT molecular complexity index is 795. The van der Waals surface area contributed by atoms with Gasteiger partial charge in [0.1, 0.15) is 11.5 Å². The van der Waals surface area contributed by atoms with Gasteiger partial charge in [-0.15, -0.1) is 5.10 Å². The van der Waals surface area contributed by atoms with Gasteiger partial charge in [-0.1, -0.05) is 6.07 Å². The van der Waals surface area contributed by atoms with Crippen LogP contribution >= 0.6 is 0 Å². The summed E-state index contributed by atoms with van der Waals surface area (Å²) in [5.74, 6) is 0.944. The van der Waals surface area contributed by atoms with Crippen molar-refractivity contribution in [3.8, 4) is 11.5 Å². The fourth-order valence-corrected chi connectivity index (χ4v) is 2.68. The first-order chi connectivity index (χ1) is 11.1. The van der Waals surface area contributed by atoms with E-state index in [1.165, 1.54) is 12.1 Å². The van der Waals surface area contributed by atoms with Gasteiger partial charge in [0.15, 0.2) is 11.5 Å². The number of benzene rings is 2. The zero-order valence-corrected chi connectivity index (χ0v) is 13.3. The van der Waals surface area contributed by atoms with Gasteiger partial charge in [-0.05, 0) is 42.8 Å². The molecule has 1 aliphatic heterocycles. The number of hydrogen-bond acceptors (Lipinski definition) is 4. The van der Waals surface area contributed by atoms with Crippen LogP contribution < -0.4 is 9.47 Å². The van der Waals surface area contributed by atoms with E-state index in [0.29, 0.717) is 23.6 Å². The highest BCUT2D eigenvalue weighted by Crippen LogP contribution is 2.36. The molecule has 118 valence electrons. The normalized spacial score (nSPS) is 13.6. The standard InChI is InChI=1S/C18H17FN2O2/c1-11-10-13-6-9-15(22-2)18(23-3)16(13)17(21-20-11)12-4-7-14(19)8-5-12/h4-9H,10H2,1-3H3. The Morgan fingerprint density at radius 2 is 1.70 bits per heavy atom. The van der Waals surface area contributed by atoms with Crippen LogP contribution in [0.25, 0.3) is 0 Å². The van der Waals surface area contributed by atoms with Gasteiger partial charge >= 0.3 is 0 Å². The summed E-state index contributed by atoms with van der Waals surface area (Å²) in [6.07, 6.45) is 0.671. The average Bonchev–Trinajstić information content (AvgIpc) is 2.73. The summed E-state index contributed by atoms with van der Waals surface area (Å²) in [6.45, 7) is 1.93. The minimum absolute atomic E-state index is 0.291. The fraction of sp³-hybridized carbons (Fsp3) is 0.222. The van der Waals surface area contributed by atoms with E-state index < -0.39 is 0 Å². The molecule has 0 saturated carbocycles. The van der Waals surface area contributed by atoms with Crippen molar-refractivity contribution in [3.05, 3.63) is 58.9 Å². The molecule has 2 aromatic carbocycles. The molecule has 1 aliphatic rings. The van der Waals surface area contributed by atoms with Crippen LogP contribution in [0.3, 0.4) is 0 Å². The molecule has 0 radical (unpaired) electrons. The van der Waals surface area contributed by atoms with E-state index >= 15 is 0 Å². The molecule has 0 unspecified atom stereocenters. The Labute approximate surface area is 134 Å². The molecule has 3 rings (SSSR count). The summed E-state index contributed by atoms with van der Waals surface area (Å²) in [5, 5.41) is 8.64. The molecule has 0 amide bonds. The van der Waals surface area contributed by atoms with E-state index in [4.69, 9.17) is 9.47 Å². The summed E-state index contributed by atoms with van der Waals surface area (Å²) in [6, 6.07) is 10.1. The van der Waals surface area contributed by atoms with Gasteiger partial charge in [0.25, 0.3) is 0 Å². The quantitative estimate of drug-likeness (QED) is 0.869. The lowest BCUT2D eigenvalue weighted by atomic mass is 9.93. The van der Waals surface area contributed by atoms with Crippen LogP contribution in [0.2, 0.25) is 0 Å². The number of halogens is 1. The molecule has 0 saturated heterocycles. The van der Waals surface area contributed by atoms with Crippen LogP contribution in [0.5, 0.6) is 11.5 Å². The van der Waals surface area contributed by atoms with Gasteiger partial charge in [-0.25, -0.2) is 4.39 Å². The second-order valence-electron chi connectivity index (χ2n) is 5.30. The number of nitrogens with zero attached hydrogens (tertiary/aromatic N) is 2. The molecule has 2 aromatic rings. The maximum atomic E-state index is 13.2. The third kappa shape index (κ3) is 2.82. The second-order valence-corrected chi connectivity index (χ2v) is 5.30. The first-order valence-corrected chi connectivity index (χ1v) is 7.25. The van der Waals surface area contributed by atoms with E-state index in [1.807, 2.05) is 19.1 Å². The molecular formula is C18H17FN2O2. The highest BCUT2D eigenvalue weighted by atomic mass is 19.1. The summed E-state index contributed by atoms with van der Waals surface area (Å²) < 4.78 is 24.2. The maximum absolute atomic E-state index is 13.2. The Hall–Kier alpha value is -2.69. The van der Waals surface area contributed by atoms with Crippen molar-refractivity contribution in [1.29, 1.82) is 0 Å². The van der Waals surface area contributed by atoms with Crippen molar-refractivity contribution in [2.45, 2.75) is 13.3 Å². The van der Waals surface area contributed by atoms with Crippen LogP contribution in [0.1, 0.15) is 23.6 Å². The molecular weight excluding hydrogens is 295 g/mol. The van der Waals surface area contributed by atoms with Crippen molar-refractivity contribution in [1.82, 2.24) is 0 Å². The zero-order valence-electron chi connectivity index (χ0n) is 13.3. The first-order valence-electron chi connectivity index (χ1n) is 7.25. The molecule has 5 heteroatoms. The molecule has 0 atom stereocenters. The Balaban J connectivity index is 2.27. The highest BCUT2D eigenvalue weighted by molar-refractivity contribution is 6.17. The molecule has 4 nitrogen and oxygen atoms in total. The minimum Gasteiger partial charge on any atom is -0.493 e. The summed E-state index contributed by atoms with van der Waals surface area (Å²) in [4.78, 5) is 0. The smallest absolute Gasteiger partial charge is 0.170 e. The Morgan fingerprint density at radius 3 is 2.35 bits per heavy atom. The van der Waals surface area contributed by atoms with Gasteiger partial charge in [0.2, 0.25) is 0 Å². The number of ether oxygens (including phenoxy) is 2. The predicted molar refractivity (Wildman–Crippen MR) is 88.4 cm³/mol. The van der Waals surface area contributed by atoms with Crippen LogP contribution in [0.15, 0.2) is 46.6 Å². The van der Waals surface area contributed by atoms with Crippen LogP contribution in [-0.4, -0.2) is 25.6 Å². The summed E-state index contributed by atoms with van der Waals surface area (Å²) in [7, 11) is 3.19. The molecule has 0 aliphatic carbocycles. The molecule has 0 spiro atoms. The van der Waals surface area contributed by atoms with Crippen LogP contribution in [0.4, 0.5) is 4.39 Å². The van der Waals surface area contributed by atoms with Crippen LogP contribution in [0, 0.1) is 5.82 Å². The largest absolute Gasteiger partial charge is 0.493 e. The Kier molecular flexibility index (Phi) is 4.10. The lowest BCUT2D eigenvalue weighted by Gasteiger charge is -2.17. The highest BCUT2D eigenvalue weighted by Gasteiger charge is 2.23. The summed E-state index contributed by atoms with van der Waals surface area (Å²) >= 11 is 0. The van der Waals surface area contributed by atoms with E-state index in [9.17, 15) is 4.39 Å². The van der Waals surface area contributed by atoms with Gasteiger partial charge in [-0.2, -0.15) is 5.10 Å². The van der Waals surface area contributed by atoms with E-state index in [2.05, 4.69) is 10.2 Å². The summed E-state index contributed by atoms with van der Waals surface area (Å²) in [5.41, 5.74) is 4.20.